The predicted molar refractivity (Wildman–Crippen MR) is 119 cm³/mol. The number of hydrogen-bond donors (Lipinski definition) is 1. The smallest absolute Gasteiger partial charge is 0.243 e. The van der Waals surface area contributed by atoms with Crippen molar-refractivity contribution in [3.8, 4) is 5.75 Å². The third-order valence-electron chi connectivity index (χ3n) is 6.46. The fourth-order valence-corrected chi connectivity index (χ4v) is 6.04. The van der Waals surface area contributed by atoms with Crippen molar-refractivity contribution in [2.45, 2.75) is 50.0 Å². The summed E-state index contributed by atoms with van der Waals surface area (Å²) < 4.78 is 32.6. The Hall–Kier alpha value is -2.38. The van der Waals surface area contributed by atoms with Crippen molar-refractivity contribution in [2.24, 2.45) is 5.92 Å². The highest BCUT2D eigenvalue weighted by molar-refractivity contribution is 7.89. The molecule has 1 saturated heterocycles. The number of rotatable bonds is 5. The number of fused-ring (bicyclic) bond motifs is 1. The molecule has 1 unspecified atom stereocenters. The second-order valence-electron chi connectivity index (χ2n) is 8.51. The van der Waals surface area contributed by atoms with Gasteiger partial charge in [0.05, 0.1) is 18.0 Å². The zero-order valence-electron chi connectivity index (χ0n) is 18.1. The molecule has 2 aliphatic rings. The molecule has 1 fully saturated rings. The highest BCUT2D eigenvalue weighted by Gasteiger charge is 2.33. The normalized spacial score (nSPS) is 20.1. The van der Waals surface area contributed by atoms with Crippen molar-refractivity contribution in [1.29, 1.82) is 0 Å². The predicted octanol–water partition coefficient (Wildman–Crippen LogP) is 3.60. The lowest BCUT2D eigenvalue weighted by Gasteiger charge is -2.33. The van der Waals surface area contributed by atoms with E-state index in [1.54, 1.807) is 19.2 Å². The maximum Gasteiger partial charge on any atom is 0.243 e. The lowest BCUT2D eigenvalue weighted by atomic mass is 9.86. The molecule has 7 heteroatoms. The van der Waals surface area contributed by atoms with Crippen molar-refractivity contribution in [2.75, 3.05) is 20.2 Å². The number of piperidine rings is 1. The Labute approximate surface area is 184 Å². The number of nitrogens with one attached hydrogen (secondary N) is 1. The van der Waals surface area contributed by atoms with Crippen LogP contribution in [0, 0.1) is 12.8 Å². The summed E-state index contributed by atoms with van der Waals surface area (Å²) in [6, 6.07) is 13.0. The average molecular weight is 443 g/mol. The molecule has 0 bridgehead atoms. The van der Waals surface area contributed by atoms with Crippen LogP contribution in [0.1, 0.15) is 48.4 Å². The largest absolute Gasteiger partial charge is 0.497 e. The highest BCUT2D eigenvalue weighted by Crippen LogP contribution is 2.33. The third kappa shape index (κ3) is 4.62. The Morgan fingerprint density at radius 1 is 1.06 bits per heavy atom. The maximum absolute atomic E-state index is 13.0. The summed E-state index contributed by atoms with van der Waals surface area (Å²) >= 11 is 0. The number of ether oxygens (including phenoxy) is 1. The van der Waals surface area contributed by atoms with E-state index in [1.165, 1.54) is 15.4 Å². The molecule has 0 aromatic heterocycles. The van der Waals surface area contributed by atoms with E-state index >= 15 is 0 Å². The Morgan fingerprint density at radius 3 is 2.45 bits per heavy atom. The van der Waals surface area contributed by atoms with E-state index in [-0.39, 0.29) is 17.9 Å². The first-order valence-corrected chi connectivity index (χ1v) is 12.4. The van der Waals surface area contributed by atoms with Gasteiger partial charge in [0.2, 0.25) is 15.9 Å². The fraction of sp³-hybridized carbons (Fsp3) is 0.458. The van der Waals surface area contributed by atoms with Gasteiger partial charge < -0.3 is 10.1 Å². The van der Waals surface area contributed by atoms with Crippen LogP contribution in [0.15, 0.2) is 47.4 Å². The van der Waals surface area contributed by atoms with Gasteiger partial charge >= 0.3 is 0 Å². The van der Waals surface area contributed by atoms with Gasteiger partial charge in [0, 0.05) is 19.0 Å². The molecule has 2 aromatic rings. The van der Waals surface area contributed by atoms with Crippen LogP contribution >= 0.6 is 0 Å². The first-order valence-electron chi connectivity index (χ1n) is 10.9. The molecule has 1 atom stereocenters. The molecule has 31 heavy (non-hydrogen) atoms. The number of methoxy groups -OCH3 is 1. The van der Waals surface area contributed by atoms with E-state index in [2.05, 4.69) is 17.4 Å². The number of amides is 1. The third-order valence-corrected chi connectivity index (χ3v) is 8.38. The van der Waals surface area contributed by atoms with Gasteiger partial charge in [-0.3, -0.25) is 4.79 Å². The summed E-state index contributed by atoms with van der Waals surface area (Å²) in [5, 5.41) is 3.23. The van der Waals surface area contributed by atoms with Crippen LogP contribution < -0.4 is 10.1 Å². The number of aryl methyl sites for hydroxylation is 2. The van der Waals surface area contributed by atoms with Crippen LogP contribution in [-0.2, 0) is 21.2 Å². The van der Waals surface area contributed by atoms with Crippen molar-refractivity contribution < 1.29 is 17.9 Å². The monoisotopic (exact) mass is 442 g/mol. The fourth-order valence-electron chi connectivity index (χ4n) is 4.57. The van der Waals surface area contributed by atoms with Crippen LogP contribution in [-0.4, -0.2) is 38.8 Å². The van der Waals surface area contributed by atoms with Crippen molar-refractivity contribution >= 4 is 15.9 Å². The van der Waals surface area contributed by atoms with E-state index in [4.69, 9.17) is 4.74 Å². The van der Waals surface area contributed by atoms with Crippen molar-refractivity contribution in [3.05, 3.63) is 59.2 Å². The Morgan fingerprint density at radius 2 is 1.77 bits per heavy atom. The molecular formula is C24H30N2O4S. The number of hydrogen-bond acceptors (Lipinski definition) is 4. The number of carbonyl (C=O) groups excluding carboxylic acids is 1. The first kappa shape index (κ1) is 21.8. The zero-order valence-corrected chi connectivity index (χ0v) is 19.0. The van der Waals surface area contributed by atoms with Gasteiger partial charge in [-0.15, -0.1) is 0 Å². The summed E-state index contributed by atoms with van der Waals surface area (Å²) in [6.07, 6.45) is 4.02. The molecule has 166 valence electrons. The molecule has 1 aliphatic carbocycles. The summed E-state index contributed by atoms with van der Waals surface area (Å²) in [6.45, 7) is 2.67. The maximum atomic E-state index is 13.0. The van der Waals surface area contributed by atoms with Crippen molar-refractivity contribution in [3.63, 3.8) is 0 Å². The Bertz CT molecular complexity index is 1040. The van der Waals surface area contributed by atoms with E-state index in [1.807, 2.05) is 25.1 Å². The van der Waals surface area contributed by atoms with Crippen LogP contribution in [0.2, 0.25) is 0 Å². The van der Waals surface area contributed by atoms with Crippen LogP contribution in [0.3, 0.4) is 0 Å². The average Bonchev–Trinajstić information content (AvgIpc) is 2.79. The molecule has 4 rings (SSSR count). The van der Waals surface area contributed by atoms with E-state index in [0.29, 0.717) is 30.8 Å². The lowest BCUT2D eigenvalue weighted by Crippen LogP contribution is -2.44. The van der Waals surface area contributed by atoms with Gasteiger partial charge in [0.1, 0.15) is 5.75 Å². The minimum atomic E-state index is -3.51. The summed E-state index contributed by atoms with van der Waals surface area (Å²) in [7, 11) is -1.85. The Kier molecular flexibility index (Phi) is 6.34. The minimum Gasteiger partial charge on any atom is -0.497 e. The molecule has 6 nitrogen and oxygen atoms in total. The van der Waals surface area contributed by atoms with Gasteiger partial charge in [0.15, 0.2) is 0 Å². The first-order chi connectivity index (χ1) is 14.9. The molecule has 1 N–H and O–H groups in total. The topological polar surface area (TPSA) is 75.7 Å². The van der Waals surface area contributed by atoms with E-state index < -0.39 is 10.0 Å². The van der Waals surface area contributed by atoms with Gasteiger partial charge in [0.25, 0.3) is 0 Å². The number of benzene rings is 2. The number of nitrogens with zero attached hydrogens (tertiary/aromatic N) is 1. The van der Waals surface area contributed by atoms with Gasteiger partial charge in [-0.2, -0.15) is 4.31 Å². The molecule has 0 spiro atoms. The highest BCUT2D eigenvalue weighted by atomic mass is 32.2. The van der Waals surface area contributed by atoms with Crippen LogP contribution in [0.25, 0.3) is 0 Å². The second-order valence-corrected chi connectivity index (χ2v) is 10.4. The molecule has 0 saturated carbocycles. The standard InChI is InChI=1S/C24H30N2O4S/c1-17-6-9-21(10-7-17)31(28,29)26-14-12-18(13-15-26)24(27)25-23-5-3-4-19-16-20(30-2)8-11-22(19)23/h6-11,16,18,23H,3-5,12-15H2,1-2H3,(H,25,27). The molecule has 1 amide bonds. The van der Waals surface area contributed by atoms with Crippen LogP contribution in [0.4, 0.5) is 0 Å². The van der Waals surface area contributed by atoms with E-state index in [0.717, 1.165) is 30.6 Å². The summed E-state index contributed by atoms with van der Waals surface area (Å²) in [5.41, 5.74) is 3.42. The quantitative estimate of drug-likeness (QED) is 0.768. The minimum absolute atomic E-state index is 0.0106. The van der Waals surface area contributed by atoms with Gasteiger partial charge in [-0.25, -0.2) is 8.42 Å². The SMILES string of the molecule is COc1ccc2c(c1)CCCC2NC(=O)C1CCN(S(=O)(=O)c2ccc(C)cc2)CC1. The zero-order chi connectivity index (χ0) is 22.0. The lowest BCUT2D eigenvalue weighted by molar-refractivity contribution is -0.127. The van der Waals surface area contributed by atoms with Gasteiger partial charge in [-0.1, -0.05) is 23.8 Å². The summed E-state index contributed by atoms with van der Waals surface area (Å²) in [4.78, 5) is 13.3. The van der Waals surface area contributed by atoms with E-state index in [9.17, 15) is 13.2 Å². The molecule has 0 radical (unpaired) electrons. The molecule has 1 aliphatic heterocycles. The molecule has 1 heterocycles. The van der Waals surface area contributed by atoms with Crippen molar-refractivity contribution in [1.82, 2.24) is 9.62 Å². The number of carbonyl (C=O) groups is 1. The molecular weight excluding hydrogens is 412 g/mol. The summed E-state index contributed by atoms with van der Waals surface area (Å²) in [5.74, 6) is 0.710. The van der Waals surface area contributed by atoms with Crippen LogP contribution in [0.5, 0.6) is 5.75 Å². The Balaban J connectivity index is 1.38. The van der Waals surface area contributed by atoms with Gasteiger partial charge in [-0.05, 0) is 74.4 Å². The second kappa shape index (κ2) is 9.01. The molecule has 2 aromatic carbocycles. The number of sulfonamides is 1.